The highest BCUT2D eigenvalue weighted by molar-refractivity contribution is 7.89. The number of benzene rings is 2. The molecule has 1 amide bonds. The normalized spacial score (nSPS) is 11.6. The van der Waals surface area contributed by atoms with Gasteiger partial charge in [-0.1, -0.05) is 35.1 Å². The molecule has 2 N–H and O–H groups in total. The zero-order valence-electron chi connectivity index (χ0n) is 13.3. The molecule has 0 fully saturated rings. The second kappa shape index (κ2) is 6.72. The summed E-state index contributed by atoms with van der Waals surface area (Å²) in [5.41, 5.74) is 1.89. The molecule has 0 atom stereocenters. The smallest absolute Gasteiger partial charge is 0.259 e. The molecule has 0 spiro atoms. The van der Waals surface area contributed by atoms with Crippen LogP contribution in [-0.4, -0.2) is 26.4 Å². The molecule has 1 heterocycles. The van der Waals surface area contributed by atoms with Crippen molar-refractivity contribution in [1.29, 1.82) is 0 Å². The number of hydrogen-bond donors (Lipinski definition) is 2. The predicted octanol–water partition coefficient (Wildman–Crippen LogP) is 3.42. The van der Waals surface area contributed by atoms with Crippen LogP contribution in [0.4, 0.5) is 5.13 Å². The molecule has 6 nitrogen and oxygen atoms in total. The lowest BCUT2D eigenvalue weighted by atomic mass is 10.2. The number of rotatable bonds is 4. The van der Waals surface area contributed by atoms with Gasteiger partial charge in [-0.3, -0.25) is 10.1 Å². The molecule has 0 aliphatic carbocycles. The van der Waals surface area contributed by atoms with E-state index >= 15 is 0 Å². The summed E-state index contributed by atoms with van der Waals surface area (Å²) >= 11 is 7.40. The number of anilines is 1. The Kier molecular flexibility index (Phi) is 4.79. The average Bonchev–Trinajstić information content (AvgIpc) is 2.99. The van der Waals surface area contributed by atoms with Crippen molar-refractivity contribution in [2.45, 2.75) is 11.8 Å². The summed E-state index contributed by atoms with van der Waals surface area (Å²) in [6.45, 7) is 1.94. The highest BCUT2D eigenvalue weighted by Gasteiger charge is 2.18. The fourth-order valence-corrected chi connectivity index (χ4v) is 4.17. The Balaban J connectivity index is 1.95. The van der Waals surface area contributed by atoms with Gasteiger partial charge < -0.3 is 0 Å². The molecular weight excluding hydrogens is 382 g/mol. The van der Waals surface area contributed by atoms with Crippen LogP contribution in [0.15, 0.2) is 41.3 Å². The van der Waals surface area contributed by atoms with E-state index in [0.29, 0.717) is 5.13 Å². The molecule has 1 aromatic heterocycles. The molecule has 9 heteroatoms. The topological polar surface area (TPSA) is 88.2 Å². The summed E-state index contributed by atoms with van der Waals surface area (Å²) < 4.78 is 27.0. The van der Waals surface area contributed by atoms with Crippen LogP contribution in [0.3, 0.4) is 0 Å². The van der Waals surface area contributed by atoms with Gasteiger partial charge in [0.05, 0.1) is 25.7 Å². The molecule has 130 valence electrons. The van der Waals surface area contributed by atoms with Crippen molar-refractivity contribution >= 4 is 54.2 Å². The van der Waals surface area contributed by atoms with E-state index in [-0.39, 0.29) is 15.5 Å². The average molecular weight is 396 g/mol. The number of nitrogens with one attached hydrogen (secondary N) is 2. The van der Waals surface area contributed by atoms with Crippen LogP contribution in [-0.2, 0) is 10.0 Å². The first-order chi connectivity index (χ1) is 11.8. The molecule has 0 unspecified atom stereocenters. The van der Waals surface area contributed by atoms with Gasteiger partial charge >= 0.3 is 0 Å². The number of carbonyl (C=O) groups is 1. The highest BCUT2D eigenvalue weighted by atomic mass is 35.5. The maximum atomic E-state index is 12.5. The molecule has 0 bridgehead atoms. The summed E-state index contributed by atoms with van der Waals surface area (Å²) in [5, 5.41) is 3.26. The van der Waals surface area contributed by atoms with Crippen molar-refractivity contribution in [1.82, 2.24) is 9.71 Å². The third-order valence-corrected chi connectivity index (χ3v) is 6.28. The van der Waals surface area contributed by atoms with Crippen LogP contribution >= 0.6 is 22.9 Å². The molecule has 0 saturated heterocycles. The maximum absolute atomic E-state index is 12.5. The fraction of sp³-hybridized carbons (Fsp3) is 0.125. The van der Waals surface area contributed by atoms with Crippen molar-refractivity contribution in [3.05, 3.63) is 52.5 Å². The largest absolute Gasteiger partial charge is 0.298 e. The lowest BCUT2D eigenvalue weighted by Crippen LogP contribution is -2.20. The first kappa shape index (κ1) is 17.8. The van der Waals surface area contributed by atoms with Gasteiger partial charge in [0.1, 0.15) is 0 Å². The Morgan fingerprint density at radius 2 is 2.00 bits per heavy atom. The number of nitrogens with zero attached hydrogens (tertiary/aromatic N) is 1. The predicted molar refractivity (Wildman–Crippen MR) is 100 cm³/mol. The number of para-hydroxylation sites is 1. The Morgan fingerprint density at radius 1 is 1.24 bits per heavy atom. The van der Waals surface area contributed by atoms with Gasteiger partial charge in [0.15, 0.2) is 5.13 Å². The van der Waals surface area contributed by atoms with Gasteiger partial charge in [0, 0.05) is 0 Å². The van der Waals surface area contributed by atoms with Crippen molar-refractivity contribution in [3.63, 3.8) is 0 Å². The van der Waals surface area contributed by atoms with Crippen molar-refractivity contribution < 1.29 is 13.2 Å². The second-order valence-corrected chi connectivity index (χ2v) is 8.57. The number of carbonyl (C=O) groups excluding carboxylic acids is 1. The van der Waals surface area contributed by atoms with Gasteiger partial charge in [-0.15, -0.1) is 0 Å². The molecule has 0 aliphatic heterocycles. The van der Waals surface area contributed by atoms with Crippen LogP contribution in [0.25, 0.3) is 10.2 Å². The monoisotopic (exact) mass is 395 g/mol. The standard InChI is InChI=1S/C16H14ClN3O3S2/c1-9-4-3-5-13-14(9)19-16(24-13)20-15(21)11-8-10(6-7-12(11)17)25(22,23)18-2/h3-8,18H,1-2H3,(H,19,20,21). The molecule has 2 aromatic carbocycles. The molecule has 3 rings (SSSR count). The minimum Gasteiger partial charge on any atom is -0.298 e. The van der Waals surface area contributed by atoms with E-state index in [1.807, 2.05) is 25.1 Å². The van der Waals surface area contributed by atoms with Gasteiger partial charge in [-0.25, -0.2) is 18.1 Å². The second-order valence-electron chi connectivity index (χ2n) is 5.24. The fourth-order valence-electron chi connectivity index (χ4n) is 2.27. The van der Waals surface area contributed by atoms with E-state index in [2.05, 4.69) is 15.0 Å². The Hall–Kier alpha value is -2.00. The summed E-state index contributed by atoms with van der Waals surface area (Å²) in [6, 6.07) is 9.74. The van der Waals surface area contributed by atoms with E-state index in [9.17, 15) is 13.2 Å². The maximum Gasteiger partial charge on any atom is 0.259 e. The van der Waals surface area contributed by atoms with Crippen LogP contribution < -0.4 is 10.0 Å². The lowest BCUT2D eigenvalue weighted by molar-refractivity contribution is 0.102. The quantitative estimate of drug-likeness (QED) is 0.708. The molecule has 25 heavy (non-hydrogen) atoms. The molecule has 3 aromatic rings. The summed E-state index contributed by atoms with van der Waals surface area (Å²) in [5.74, 6) is -0.519. The first-order valence-electron chi connectivity index (χ1n) is 7.22. The van der Waals surface area contributed by atoms with Crippen LogP contribution in [0.1, 0.15) is 15.9 Å². The number of aryl methyl sites for hydroxylation is 1. The van der Waals surface area contributed by atoms with E-state index < -0.39 is 15.9 Å². The van der Waals surface area contributed by atoms with Gasteiger partial charge in [0.25, 0.3) is 5.91 Å². The number of sulfonamides is 1. The highest BCUT2D eigenvalue weighted by Crippen LogP contribution is 2.29. The van der Waals surface area contributed by atoms with Gasteiger partial charge in [0.2, 0.25) is 10.0 Å². The molecule has 0 radical (unpaired) electrons. The van der Waals surface area contributed by atoms with Crippen LogP contribution in [0.5, 0.6) is 0 Å². The van der Waals surface area contributed by atoms with E-state index in [4.69, 9.17) is 11.6 Å². The number of halogens is 1. The summed E-state index contributed by atoms with van der Waals surface area (Å²) in [4.78, 5) is 16.9. The summed E-state index contributed by atoms with van der Waals surface area (Å²) in [6.07, 6.45) is 0. The van der Waals surface area contributed by atoms with Gasteiger partial charge in [-0.05, 0) is 43.8 Å². The number of fused-ring (bicyclic) bond motifs is 1. The van der Waals surface area contributed by atoms with Crippen LogP contribution in [0.2, 0.25) is 5.02 Å². The number of aromatic nitrogens is 1. The van der Waals surface area contributed by atoms with Crippen molar-refractivity contribution in [3.8, 4) is 0 Å². The number of amides is 1. The molecular formula is C16H14ClN3O3S2. The minimum atomic E-state index is -3.67. The lowest BCUT2D eigenvalue weighted by Gasteiger charge is -2.07. The SMILES string of the molecule is CNS(=O)(=O)c1ccc(Cl)c(C(=O)Nc2nc3c(C)cccc3s2)c1. The first-order valence-corrected chi connectivity index (χ1v) is 9.90. The number of thiazole rings is 1. The third-order valence-electron chi connectivity index (χ3n) is 3.60. The number of hydrogen-bond acceptors (Lipinski definition) is 5. The Labute approximate surface area is 153 Å². The van der Waals surface area contributed by atoms with E-state index in [1.54, 1.807) is 0 Å². The zero-order chi connectivity index (χ0) is 18.2. The van der Waals surface area contributed by atoms with Crippen LogP contribution in [0, 0.1) is 6.92 Å². The van der Waals surface area contributed by atoms with Crippen molar-refractivity contribution in [2.75, 3.05) is 12.4 Å². The van der Waals surface area contributed by atoms with Gasteiger partial charge in [-0.2, -0.15) is 0 Å². The Bertz CT molecular complexity index is 1080. The van der Waals surface area contributed by atoms with Crippen molar-refractivity contribution in [2.24, 2.45) is 0 Å². The molecule has 0 aliphatic rings. The third kappa shape index (κ3) is 3.52. The summed E-state index contributed by atoms with van der Waals surface area (Å²) in [7, 11) is -2.37. The van der Waals surface area contributed by atoms with E-state index in [0.717, 1.165) is 15.8 Å². The Morgan fingerprint density at radius 3 is 2.68 bits per heavy atom. The van der Waals surface area contributed by atoms with E-state index in [1.165, 1.54) is 36.6 Å². The molecule has 0 saturated carbocycles. The minimum absolute atomic E-state index is 0.0373. The zero-order valence-corrected chi connectivity index (χ0v) is 15.7.